The molecule has 3 nitrogen and oxygen atoms in total. The monoisotopic (exact) mass is 941 g/mol. The van der Waals surface area contributed by atoms with Gasteiger partial charge >= 0.3 is 0 Å². The van der Waals surface area contributed by atoms with E-state index in [0.717, 1.165) is 50.9 Å². The zero-order chi connectivity index (χ0) is 49.8. The first-order valence-electron chi connectivity index (χ1n) is 25.8. The highest BCUT2D eigenvalue weighted by Gasteiger charge is 2.37. The van der Waals surface area contributed by atoms with Crippen LogP contribution in [-0.2, 0) is 16.2 Å². The first-order valence-corrected chi connectivity index (χ1v) is 25.8. The van der Waals surface area contributed by atoms with E-state index in [1.807, 2.05) is 0 Å². The maximum absolute atomic E-state index is 2.46. The lowest BCUT2D eigenvalue weighted by molar-refractivity contribution is 0.590. The van der Waals surface area contributed by atoms with Crippen LogP contribution in [0.2, 0.25) is 0 Å². The maximum Gasteiger partial charge on any atom is 0.0541 e. The van der Waals surface area contributed by atoms with Gasteiger partial charge in [0.15, 0.2) is 0 Å². The molecule has 1 aromatic heterocycles. The second kappa shape index (κ2) is 16.6. The fourth-order valence-electron chi connectivity index (χ4n) is 12.3. The molecule has 354 valence electrons. The van der Waals surface area contributed by atoms with Crippen molar-refractivity contribution >= 4 is 55.9 Å². The quantitative estimate of drug-likeness (QED) is 0.150. The van der Waals surface area contributed by atoms with E-state index in [2.05, 4.69) is 293 Å². The predicted molar refractivity (Wildman–Crippen MR) is 309 cm³/mol. The van der Waals surface area contributed by atoms with Crippen molar-refractivity contribution < 1.29 is 0 Å². The number of fused-ring (bicyclic) bond motifs is 9. The lowest BCUT2D eigenvalue weighted by atomic mass is 9.82. The number of nitrogens with zero attached hydrogens (tertiary/aromatic N) is 3. The summed E-state index contributed by atoms with van der Waals surface area (Å²) in [6.45, 7) is 16.3. The largest absolute Gasteiger partial charge is 0.310 e. The smallest absolute Gasteiger partial charge is 0.0541 e. The highest BCUT2D eigenvalue weighted by atomic mass is 15.2. The first-order chi connectivity index (χ1) is 35.3. The molecule has 0 bridgehead atoms. The van der Waals surface area contributed by atoms with Crippen molar-refractivity contribution in [3.8, 4) is 39.1 Å². The molecule has 0 atom stereocenters. The Bertz CT molecular complexity index is 3770. The van der Waals surface area contributed by atoms with E-state index in [-0.39, 0.29) is 16.2 Å². The minimum Gasteiger partial charge on any atom is -0.310 e. The number of aromatic nitrogens is 1. The molecule has 13 rings (SSSR count). The molecule has 3 heteroatoms. The highest BCUT2D eigenvalue weighted by Crippen LogP contribution is 2.53. The van der Waals surface area contributed by atoms with Gasteiger partial charge in [-0.05, 0) is 164 Å². The summed E-state index contributed by atoms with van der Waals surface area (Å²) in [7, 11) is 0. The molecule has 0 spiro atoms. The lowest BCUT2D eigenvalue weighted by Crippen LogP contribution is -2.17. The van der Waals surface area contributed by atoms with Crippen molar-refractivity contribution in [2.24, 2.45) is 0 Å². The van der Waals surface area contributed by atoms with Crippen LogP contribution in [0.5, 0.6) is 0 Å². The Morgan fingerprint density at radius 3 is 1.33 bits per heavy atom. The topological polar surface area (TPSA) is 11.4 Å². The SMILES string of the molecule is CC(C)(C)c1ccc(-n2c3ccccc3c3cc(-c4cc(N(c5ccccc5)c5ccc6c(c5)C(C)(C)c5ccccc5-6)cc(N(c5ccccc5)c5ccc6c(c5)C(C)(C)c5ccccc5-6)c4)ccc32)cc1. The van der Waals surface area contributed by atoms with Gasteiger partial charge in [-0.2, -0.15) is 0 Å². The number of rotatable bonds is 8. The average Bonchev–Trinajstić information content (AvgIpc) is 3.95. The number of anilines is 6. The molecule has 2 aliphatic rings. The van der Waals surface area contributed by atoms with Crippen molar-refractivity contribution in [1.82, 2.24) is 4.57 Å². The van der Waals surface area contributed by atoms with Gasteiger partial charge in [-0.25, -0.2) is 0 Å². The average molecular weight is 942 g/mol. The molecule has 0 radical (unpaired) electrons. The zero-order valence-electron chi connectivity index (χ0n) is 42.8. The van der Waals surface area contributed by atoms with Crippen molar-refractivity contribution in [3.05, 3.63) is 258 Å². The molecular weight excluding hydrogens is 883 g/mol. The molecule has 0 N–H and O–H groups in total. The van der Waals surface area contributed by atoms with Crippen molar-refractivity contribution in [1.29, 1.82) is 0 Å². The molecule has 0 saturated heterocycles. The van der Waals surface area contributed by atoms with E-state index in [1.54, 1.807) is 0 Å². The molecule has 0 unspecified atom stereocenters. The molecule has 11 aromatic rings. The first kappa shape index (κ1) is 44.5. The summed E-state index contributed by atoms with van der Waals surface area (Å²) < 4.78 is 2.43. The normalized spacial score (nSPS) is 13.9. The van der Waals surface area contributed by atoms with E-state index in [0.29, 0.717) is 0 Å². The van der Waals surface area contributed by atoms with Gasteiger partial charge in [0.05, 0.1) is 11.0 Å². The Kier molecular flexibility index (Phi) is 10.1. The lowest BCUT2D eigenvalue weighted by Gasteiger charge is -2.32. The number of hydrogen-bond acceptors (Lipinski definition) is 2. The molecule has 1 heterocycles. The predicted octanol–water partition coefficient (Wildman–Crippen LogP) is 19.3. The number of hydrogen-bond donors (Lipinski definition) is 0. The Labute approximate surface area is 430 Å². The van der Waals surface area contributed by atoms with Crippen LogP contribution in [0, 0.1) is 0 Å². The Morgan fingerprint density at radius 1 is 0.329 bits per heavy atom. The molecule has 0 saturated carbocycles. The summed E-state index contributed by atoms with van der Waals surface area (Å²) in [5.41, 5.74) is 24.1. The van der Waals surface area contributed by atoms with Crippen LogP contribution in [0.15, 0.2) is 231 Å². The van der Waals surface area contributed by atoms with E-state index in [9.17, 15) is 0 Å². The molecular formula is C70H59N3. The van der Waals surface area contributed by atoms with Crippen LogP contribution in [0.4, 0.5) is 34.1 Å². The summed E-state index contributed by atoms with van der Waals surface area (Å²) in [6.07, 6.45) is 0. The van der Waals surface area contributed by atoms with Gasteiger partial charge < -0.3 is 14.4 Å². The number of benzene rings is 10. The summed E-state index contributed by atoms with van der Waals surface area (Å²) in [6, 6.07) is 86.1. The standard InChI is InChI=1S/C70H59N3/c1-68(2,3)48-31-33-51(34-32-48)73-66-29-19-16-26-60(66)61-42-46(30-39-67(61)73)47-40-54(71(49-20-10-8-11-21-49)52-35-37-58-56-24-14-17-27-62(56)69(4,5)64(58)44-52)43-55(41-47)72(50-22-12-9-13-23-50)53-36-38-59-57-25-15-18-28-63(57)70(6,7)65(59)45-53/h8-45H,1-7H3. The summed E-state index contributed by atoms with van der Waals surface area (Å²) >= 11 is 0. The molecule has 0 fully saturated rings. The highest BCUT2D eigenvalue weighted by molar-refractivity contribution is 6.10. The molecule has 10 aromatic carbocycles. The second-order valence-corrected chi connectivity index (χ2v) is 22.3. The van der Waals surface area contributed by atoms with Gasteiger partial charge in [0.25, 0.3) is 0 Å². The molecule has 0 aliphatic heterocycles. The molecule has 2 aliphatic carbocycles. The third kappa shape index (κ3) is 7.16. The van der Waals surface area contributed by atoms with Gasteiger partial charge in [0, 0.05) is 61.4 Å². The zero-order valence-corrected chi connectivity index (χ0v) is 42.8. The minimum atomic E-state index is -0.161. The second-order valence-electron chi connectivity index (χ2n) is 22.3. The van der Waals surface area contributed by atoms with Crippen molar-refractivity contribution in [3.63, 3.8) is 0 Å². The van der Waals surface area contributed by atoms with E-state index < -0.39 is 0 Å². The van der Waals surface area contributed by atoms with Crippen molar-refractivity contribution in [2.75, 3.05) is 9.80 Å². The van der Waals surface area contributed by atoms with Gasteiger partial charge in [0.2, 0.25) is 0 Å². The summed E-state index contributed by atoms with van der Waals surface area (Å²) in [5.74, 6) is 0. The fraction of sp³-hybridized carbons (Fsp3) is 0.143. The van der Waals surface area contributed by atoms with Crippen LogP contribution in [-0.4, -0.2) is 4.57 Å². The third-order valence-electron chi connectivity index (χ3n) is 16.1. The summed E-state index contributed by atoms with van der Waals surface area (Å²) in [4.78, 5) is 4.92. The summed E-state index contributed by atoms with van der Waals surface area (Å²) in [5, 5.41) is 2.46. The van der Waals surface area contributed by atoms with Crippen LogP contribution in [0.3, 0.4) is 0 Å². The van der Waals surface area contributed by atoms with Gasteiger partial charge in [-0.3, -0.25) is 0 Å². The van der Waals surface area contributed by atoms with E-state index >= 15 is 0 Å². The van der Waals surface area contributed by atoms with Crippen molar-refractivity contribution in [2.45, 2.75) is 64.7 Å². The van der Waals surface area contributed by atoms with E-state index in [1.165, 1.54) is 71.9 Å². The van der Waals surface area contributed by atoms with Crippen LogP contribution < -0.4 is 9.80 Å². The van der Waals surface area contributed by atoms with Gasteiger partial charge in [0.1, 0.15) is 0 Å². The minimum absolute atomic E-state index is 0.0692. The Balaban J connectivity index is 1.05. The Hall–Kier alpha value is -8.40. The third-order valence-corrected chi connectivity index (χ3v) is 16.1. The molecule has 0 amide bonds. The van der Waals surface area contributed by atoms with Crippen LogP contribution in [0.25, 0.3) is 60.9 Å². The Morgan fingerprint density at radius 2 is 0.795 bits per heavy atom. The van der Waals surface area contributed by atoms with Crippen LogP contribution in [0.1, 0.15) is 76.3 Å². The van der Waals surface area contributed by atoms with E-state index in [4.69, 9.17) is 0 Å². The van der Waals surface area contributed by atoms with Gasteiger partial charge in [-0.15, -0.1) is 0 Å². The fourth-order valence-corrected chi connectivity index (χ4v) is 12.3. The molecule has 73 heavy (non-hydrogen) atoms. The van der Waals surface area contributed by atoms with Crippen LogP contribution >= 0.6 is 0 Å². The van der Waals surface area contributed by atoms with Gasteiger partial charge in [-0.1, -0.05) is 182 Å². The maximum atomic E-state index is 2.46. The number of para-hydroxylation sites is 3.